The molecular formula is C38H51N5O6Si2. The topological polar surface area (TPSA) is 124 Å². The van der Waals surface area contributed by atoms with Gasteiger partial charge in [-0.15, -0.1) is 0 Å². The summed E-state index contributed by atoms with van der Waals surface area (Å²) >= 11 is 0. The monoisotopic (exact) mass is 729 g/mol. The highest BCUT2D eigenvalue weighted by Crippen LogP contribution is 2.57. The molecule has 272 valence electrons. The third-order valence-corrected chi connectivity index (χ3v) is 20.2. The lowest BCUT2D eigenvalue weighted by atomic mass is 10.1. The average molecular weight is 730 g/mol. The quantitative estimate of drug-likeness (QED) is 0.104. The van der Waals surface area contributed by atoms with E-state index in [1.54, 1.807) is 12.1 Å². The number of aromatic nitrogens is 4. The van der Waals surface area contributed by atoms with Gasteiger partial charge in [0.1, 0.15) is 36.0 Å². The number of nitrogens with zero attached hydrogens (tertiary/aromatic N) is 5. The summed E-state index contributed by atoms with van der Waals surface area (Å²) in [5.41, 5.74) is 3.46. The summed E-state index contributed by atoms with van der Waals surface area (Å²) in [6.07, 6.45) is 3.42. The van der Waals surface area contributed by atoms with Gasteiger partial charge in [-0.3, -0.25) is 14.7 Å². The van der Waals surface area contributed by atoms with E-state index in [4.69, 9.17) is 28.0 Å². The summed E-state index contributed by atoms with van der Waals surface area (Å²) in [5, 5.41) is 11.0. The molecule has 0 spiro atoms. The maximum absolute atomic E-state index is 11.6. The minimum absolute atomic E-state index is 0.00818. The van der Waals surface area contributed by atoms with Crippen molar-refractivity contribution in [2.75, 3.05) is 6.61 Å². The maximum atomic E-state index is 11.6. The molecule has 13 heteroatoms. The number of fused-ring (bicyclic) bond motifs is 2. The minimum atomic E-state index is -2.92. The Hall–Kier alpha value is -3.60. The van der Waals surface area contributed by atoms with Gasteiger partial charge in [-0.2, -0.15) is 0 Å². The molecule has 2 saturated heterocycles. The van der Waals surface area contributed by atoms with Gasteiger partial charge < -0.3 is 18.0 Å². The number of rotatable bonds is 7. The van der Waals surface area contributed by atoms with Crippen molar-refractivity contribution in [1.29, 1.82) is 0 Å². The highest BCUT2D eigenvalue weighted by atomic mass is 28.4. The first-order chi connectivity index (χ1) is 23.7. The van der Waals surface area contributed by atoms with Gasteiger partial charge in [0.15, 0.2) is 20.2 Å². The predicted molar refractivity (Wildman–Crippen MR) is 205 cm³/mol. The van der Waals surface area contributed by atoms with Gasteiger partial charge in [0.25, 0.3) is 5.69 Å². The summed E-state index contributed by atoms with van der Waals surface area (Å²) in [4.78, 5) is 25.8. The Morgan fingerprint density at radius 3 is 2.18 bits per heavy atom. The van der Waals surface area contributed by atoms with Gasteiger partial charge in [-0.25, -0.2) is 15.0 Å². The lowest BCUT2D eigenvalue weighted by Crippen LogP contribution is -2.66. The Morgan fingerprint density at radius 1 is 0.941 bits per heavy atom. The van der Waals surface area contributed by atoms with Crippen molar-refractivity contribution in [2.24, 2.45) is 0 Å². The van der Waals surface area contributed by atoms with Gasteiger partial charge in [-0.1, -0.05) is 98.7 Å². The minimum Gasteiger partial charge on any atom is -0.407 e. The van der Waals surface area contributed by atoms with Crippen LogP contribution in [-0.2, 0) is 18.0 Å². The molecule has 4 atom stereocenters. The van der Waals surface area contributed by atoms with Gasteiger partial charge in [-0.05, 0) is 41.9 Å². The summed E-state index contributed by atoms with van der Waals surface area (Å²) in [5.74, 6) is 0.540. The van der Waals surface area contributed by atoms with E-state index in [0.717, 1.165) is 5.56 Å². The lowest BCUT2D eigenvalue weighted by molar-refractivity contribution is -0.384. The van der Waals surface area contributed by atoms with Gasteiger partial charge in [0.2, 0.25) is 0 Å². The molecule has 2 aliphatic rings. The molecule has 11 nitrogen and oxygen atoms in total. The van der Waals surface area contributed by atoms with Gasteiger partial charge in [0.05, 0.1) is 17.2 Å². The van der Waals surface area contributed by atoms with Crippen LogP contribution in [0.5, 0.6) is 0 Å². The Morgan fingerprint density at radius 2 is 1.59 bits per heavy atom. The molecular weight excluding hydrogens is 679 g/mol. The zero-order chi connectivity index (χ0) is 37.1. The van der Waals surface area contributed by atoms with Crippen molar-refractivity contribution < 1.29 is 22.9 Å². The fraction of sp³-hybridized carbons (Fsp3) is 0.500. The normalized spacial score (nSPS) is 22.8. The van der Waals surface area contributed by atoms with Crippen LogP contribution in [0.1, 0.15) is 79.8 Å². The number of nitro groups is 1. The molecule has 0 aliphatic carbocycles. The molecule has 0 N–H and O–H groups in total. The van der Waals surface area contributed by atoms with Crippen molar-refractivity contribution in [3.8, 4) is 11.4 Å². The number of hydrogen-bond acceptors (Lipinski definition) is 9. The Bertz CT molecular complexity index is 1910. The molecule has 4 aromatic rings. The fourth-order valence-electron chi connectivity index (χ4n) is 7.14. The molecule has 2 aliphatic heterocycles. The average Bonchev–Trinajstić information content (AvgIpc) is 3.60. The fourth-order valence-corrected chi connectivity index (χ4v) is 13.4. The number of benzene rings is 2. The predicted octanol–water partition coefficient (Wildman–Crippen LogP) is 9.32. The van der Waals surface area contributed by atoms with Gasteiger partial charge >= 0.3 is 8.56 Å². The van der Waals surface area contributed by atoms with E-state index in [-0.39, 0.29) is 20.8 Å². The molecule has 0 saturated carbocycles. The van der Waals surface area contributed by atoms with E-state index >= 15 is 0 Å². The van der Waals surface area contributed by atoms with Crippen LogP contribution >= 0.6 is 0 Å². The molecule has 51 heavy (non-hydrogen) atoms. The highest BCUT2D eigenvalue weighted by Gasteiger charge is 2.66. The van der Waals surface area contributed by atoms with Crippen LogP contribution in [0.3, 0.4) is 0 Å². The smallest absolute Gasteiger partial charge is 0.349 e. The molecule has 0 amide bonds. The molecule has 2 fully saturated rings. The van der Waals surface area contributed by atoms with Crippen LogP contribution < -0.4 is 0 Å². The number of hydrogen-bond donors (Lipinski definition) is 0. The molecule has 0 unspecified atom stereocenters. The SMILES string of the molecule is CC(C)(C)[Si](C)(C)O[C@@H]1[C@@H]2O[Si](C(C)(C)C)(C(C)(C)C)OC[C@H]2O[C@H]1n1c(-c2ccc([N+](=O)[O-])cc2)nc2c(/C=C/c3ccccc3)ncnc21. The molecule has 2 aromatic heterocycles. The third-order valence-electron chi connectivity index (χ3n) is 10.6. The Kier molecular flexibility index (Phi) is 9.56. The second kappa shape index (κ2) is 13.1. The van der Waals surface area contributed by atoms with Crippen molar-refractivity contribution in [1.82, 2.24) is 19.5 Å². The van der Waals surface area contributed by atoms with Crippen LogP contribution in [0.2, 0.25) is 28.2 Å². The summed E-state index contributed by atoms with van der Waals surface area (Å²) in [7, 11) is -5.34. The van der Waals surface area contributed by atoms with Crippen LogP contribution in [-0.4, -0.2) is 66.2 Å². The van der Waals surface area contributed by atoms with Crippen LogP contribution in [0, 0.1) is 10.1 Å². The van der Waals surface area contributed by atoms with E-state index < -0.39 is 46.3 Å². The first-order valence-electron chi connectivity index (χ1n) is 17.6. The Balaban J connectivity index is 1.56. The Labute approximate surface area is 303 Å². The van der Waals surface area contributed by atoms with Crippen molar-refractivity contribution in [3.63, 3.8) is 0 Å². The summed E-state index contributed by atoms with van der Waals surface area (Å²) < 4.78 is 30.6. The first kappa shape index (κ1) is 37.2. The molecule has 0 bridgehead atoms. The van der Waals surface area contributed by atoms with Crippen LogP contribution in [0.25, 0.3) is 34.7 Å². The maximum Gasteiger partial charge on any atom is 0.349 e. The molecule has 2 aromatic carbocycles. The van der Waals surface area contributed by atoms with Crippen LogP contribution in [0.15, 0.2) is 60.9 Å². The summed E-state index contributed by atoms with van der Waals surface area (Å²) in [6, 6.07) is 16.4. The third kappa shape index (κ3) is 6.75. The molecule has 4 heterocycles. The zero-order valence-corrected chi connectivity index (χ0v) is 33.6. The van der Waals surface area contributed by atoms with Crippen LogP contribution in [0.4, 0.5) is 5.69 Å². The number of imidazole rings is 1. The van der Waals surface area contributed by atoms with E-state index in [2.05, 4.69) is 80.4 Å². The second-order valence-electron chi connectivity index (χ2n) is 17.2. The van der Waals surface area contributed by atoms with Crippen molar-refractivity contribution in [2.45, 2.75) is 115 Å². The number of nitro benzene ring substituents is 1. The second-order valence-corrected chi connectivity index (χ2v) is 26.7. The van der Waals surface area contributed by atoms with E-state index in [9.17, 15) is 10.1 Å². The highest BCUT2D eigenvalue weighted by molar-refractivity contribution is 6.74. The molecule has 0 radical (unpaired) electrons. The van der Waals surface area contributed by atoms with E-state index in [1.165, 1.54) is 18.5 Å². The largest absolute Gasteiger partial charge is 0.407 e. The van der Waals surface area contributed by atoms with E-state index in [0.29, 0.717) is 34.9 Å². The standard InChI is InChI=1S/C38H51N5O6Si2/c1-36(2,3)50(10,11)48-32-31-29(23-46-51(49-31,37(4,5)6)38(7,8)9)47-35(32)42-33(26-18-20-27(21-19-26)43(44)45)41-30-28(39-24-40-34(30)42)22-17-25-15-13-12-14-16-25/h12-22,24,29,31-32,35H,23H2,1-11H3/b22-17+/t29-,31-,32-,35-/m1/s1. The number of non-ortho nitro benzene ring substituents is 1. The summed E-state index contributed by atoms with van der Waals surface area (Å²) in [6.45, 7) is 24.8. The first-order valence-corrected chi connectivity index (χ1v) is 22.3. The zero-order valence-electron chi connectivity index (χ0n) is 31.6. The van der Waals surface area contributed by atoms with Gasteiger partial charge in [0, 0.05) is 27.8 Å². The van der Waals surface area contributed by atoms with E-state index in [1.807, 2.05) is 47.1 Å². The van der Waals surface area contributed by atoms with Crippen molar-refractivity contribution in [3.05, 3.63) is 82.3 Å². The number of ether oxygens (including phenoxy) is 1. The lowest BCUT2D eigenvalue weighted by Gasteiger charge is -2.54. The van der Waals surface area contributed by atoms with Crippen molar-refractivity contribution >= 4 is 45.9 Å². The molecule has 6 rings (SSSR count).